The molecular formula is C15H23N3O2S. The molecule has 1 aromatic heterocycles. The van der Waals surface area contributed by atoms with E-state index in [1.807, 2.05) is 18.4 Å². The molecule has 0 radical (unpaired) electrons. The smallest absolute Gasteiger partial charge is 0.262 e. The summed E-state index contributed by atoms with van der Waals surface area (Å²) in [5, 5.41) is 11.0. The maximum absolute atomic E-state index is 12.4. The molecular weight excluding hydrogens is 286 g/mol. The van der Waals surface area contributed by atoms with Crippen molar-refractivity contribution >= 4 is 23.2 Å². The van der Waals surface area contributed by atoms with Crippen LogP contribution in [0.25, 0.3) is 0 Å². The van der Waals surface area contributed by atoms with Crippen molar-refractivity contribution < 1.29 is 9.59 Å². The number of thiophene rings is 1. The van der Waals surface area contributed by atoms with Crippen LogP contribution in [0.5, 0.6) is 0 Å². The van der Waals surface area contributed by atoms with Crippen LogP contribution in [0.2, 0.25) is 0 Å². The molecule has 6 heteroatoms. The molecule has 0 spiro atoms. The van der Waals surface area contributed by atoms with E-state index in [1.165, 1.54) is 11.3 Å². The van der Waals surface area contributed by atoms with E-state index in [0.717, 1.165) is 32.4 Å². The van der Waals surface area contributed by atoms with Crippen molar-refractivity contribution in [2.75, 3.05) is 19.6 Å². The number of amides is 2. The van der Waals surface area contributed by atoms with E-state index in [4.69, 9.17) is 0 Å². The molecule has 5 nitrogen and oxygen atoms in total. The van der Waals surface area contributed by atoms with Crippen LogP contribution >= 0.6 is 11.3 Å². The van der Waals surface area contributed by atoms with E-state index in [9.17, 15) is 9.59 Å². The Morgan fingerprint density at radius 1 is 1.43 bits per heavy atom. The number of nitrogens with one attached hydrogen (secondary N) is 3. The molecule has 0 aliphatic carbocycles. The third kappa shape index (κ3) is 4.54. The molecule has 2 amide bonds. The van der Waals surface area contributed by atoms with Gasteiger partial charge in [-0.05, 0) is 49.7 Å². The lowest BCUT2D eigenvalue weighted by Crippen LogP contribution is -2.53. The molecule has 1 aromatic rings. The molecule has 2 rings (SSSR count). The van der Waals surface area contributed by atoms with Gasteiger partial charge >= 0.3 is 0 Å². The quantitative estimate of drug-likeness (QED) is 0.743. The molecule has 0 saturated carbocycles. The van der Waals surface area contributed by atoms with Crippen molar-refractivity contribution in [1.82, 2.24) is 16.0 Å². The maximum Gasteiger partial charge on any atom is 0.262 e. The van der Waals surface area contributed by atoms with Crippen molar-refractivity contribution in [3.63, 3.8) is 0 Å². The first kappa shape index (κ1) is 16.0. The van der Waals surface area contributed by atoms with Gasteiger partial charge in [0.1, 0.15) is 6.04 Å². The van der Waals surface area contributed by atoms with Gasteiger partial charge < -0.3 is 16.0 Å². The van der Waals surface area contributed by atoms with Gasteiger partial charge in [-0.3, -0.25) is 9.59 Å². The number of hydrogen-bond acceptors (Lipinski definition) is 4. The van der Waals surface area contributed by atoms with E-state index >= 15 is 0 Å². The predicted molar refractivity (Wildman–Crippen MR) is 84.5 cm³/mol. The van der Waals surface area contributed by atoms with Gasteiger partial charge in [0, 0.05) is 6.54 Å². The summed E-state index contributed by atoms with van der Waals surface area (Å²) >= 11 is 1.39. The minimum absolute atomic E-state index is 0.0614. The molecule has 1 aliphatic rings. The summed E-state index contributed by atoms with van der Waals surface area (Å²) < 4.78 is 0. The van der Waals surface area contributed by atoms with Crippen LogP contribution in [0.4, 0.5) is 0 Å². The third-order valence-electron chi connectivity index (χ3n) is 3.72. The first-order chi connectivity index (χ1) is 10.2. The Hall–Kier alpha value is -1.40. The van der Waals surface area contributed by atoms with Gasteiger partial charge in [0.2, 0.25) is 5.91 Å². The van der Waals surface area contributed by atoms with Gasteiger partial charge in [0.15, 0.2) is 0 Å². The summed E-state index contributed by atoms with van der Waals surface area (Å²) in [7, 11) is 0. The van der Waals surface area contributed by atoms with Gasteiger partial charge in [-0.15, -0.1) is 11.3 Å². The monoisotopic (exact) mass is 309 g/mol. The topological polar surface area (TPSA) is 70.2 Å². The fourth-order valence-corrected chi connectivity index (χ4v) is 3.18. The highest BCUT2D eigenvalue weighted by Crippen LogP contribution is 2.18. The fourth-order valence-electron chi connectivity index (χ4n) is 2.55. The summed E-state index contributed by atoms with van der Waals surface area (Å²) in [6.45, 7) is 4.47. The Bertz CT molecular complexity index is 455. The van der Waals surface area contributed by atoms with Crippen molar-refractivity contribution in [1.29, 1.82) is 0 Å². The number of carbonyl (C=O) groups excluding carboxylic acids is 2. The second kappa shape index (κ2) is 8.14. The number of rotatable bonds is 6. The van der Waals surface area contributed by atoms with Gasteiger partial charge in [0.05, 0.1) is 4.88 Å². The lowest BCUT2D eigenvalue weighted by atomic mass is 9.89. The van der Waals surface area contributed by atoms with Crippen molar-refractivity contribution in [3.05, 3.63) is 22.4 Å². The van der Waals surface area contributed by atoms with Gasteiger partial charge in [0.25, 0.3) is 5.91 Å². The molecule has 1 atom stereocenters. The summed E-state index contributed by atoms with van der Waals surface area (Å²) in [6, 6.07) is 3.19. The van der Waals surface area contributed by atoms with E-state index in [1.54, 1.807) is 6.07 Å². The predicted octanol–water partition coefficient (Wildman–Crippen LogP) is 1.37. The van der Waals surface area contributed by atoms with E-state index in [0.29, 0.717) is 11.4 Å². The SMILES string of the molecule is CCCNC(=O)C(NC(=O)c1cccs1)C1CCNCC1. The number of hydrogen-bond donors (Lipinski definition) is 3. The molecule has 116 valence electrons. The van der Waals surface area contributed by atoms with Crippen molar-refractivity contribution in [2.45, 2.75) is 32.2 Å². The first-order valence-corrected chi connectivity index (χ1v) is 8.43. The van der Waals surface area contributed by atoms with Crippen LogP contribution in [-0.4, -0.2) is 37.5 Å². The second-order valence-electron chi connectivity index (χ2n) is 5.31. The summed E-state index contributed by atoms with van der Waals surface area (Å²) in [4.78, 5) is 25.3. The molecule has 1 saturated heterocycles. The standard InChI is InChI=1S/C15H23N3O2S/c1-2-7-17-15(20)13(11-5-8-16-9-6-11)18-14(19)12-4-3-10-21-12/h3-4,10-11,13,16H,2,5-9H2,1H3,(H,17,20)(H,18,19). The van der Waals surface area contributed by atoms with Crippen LogP contribution in [0.3, 0.4) is 0 Å². The van der Waals surface area contributed by atoms with Crippen LogP contribution in [0, 0.1) is 5.92 Å². The summed E-state index contributed by atoms with van der Waals surface area (Å²) in [6.07, 6.45) is 2.72. The molecule has 1 fully saturated rings. The molecule has 1 aliphatic heterocycles. The molecule has 3 N–H and O–H groups in total. The zero-order valence-electron chi connectivity index (χ0n) is 12.4. The normalized spacial score (nSPS) is 17.2. The third-order valence-corrected chi connectivity index (χ3v) is 4.59. The average Bonchev–Trinajstić information content (AvgIpc) is 3.05. The molecule has 2 heterocycles. The largest absolute Gasteiger partial charge is 0.354 e. The Morgan fingerprint density at radius 3 is 2.81 bits per heavy atom. The van der Waals surface area contributed by atoms with Gasteiger partial charge in [-0.25, -0.2) is 0 Å². The summed E-state index contributed by atoms with van der Waals surface area (Å²) in [5.41, 5.74) is 0. The lowest BCUT2D eigenvalue weighted by Gasteiger charge is -2.30. The highest BCUT2D eigenvalue weighted by molar-refractivity contribution is 7.12. The van der Waals surface area contributed by atoms with Crippen LogP contribution < -0.4 is 16.0 Å². The molecule has 0 bridgehead atoms. The molecule has 0 aromatic carbocycles. The Morgan fingerprint density at radius 2 is 2.19 bits per heavy atom. The van der Waals surface area contributed by atoms with Crippen molar-refractivity contribution in [3.8, 4) is 0 Å². The van der Waals surface area contributed by atoms with E-state index in [-0.39, 0.29) is 17.7 Å². The Balaban J connectivity index is 2.03. The molecule has 1 unspecified atom stereocenters. The summed E-state index contributed by atoms with van der Waals surface area (Å²) in [5.74, 6) is -0.0131. The maximum atomic E-state index is 12.4. The highest BCUT2D eigenvalue weighted by atomic mass is 32.1. The van der Waals surface area contributed by atoms with Gasteiger partial charge in [-0.2, -0.15) is 0 Å². The minimum Gasteiger partial charge on any atom is -0.354 e. The average molecular weight is 309 g/mol. The first-order valence-electron chi connectivity index (χ1n) is 7.55. The van der Waals surface area contributed by atoms with Crippen LogP contribution in [-0.2, 0) is 4.79 Å². The Labute approximate surface area is 129 Å². The van der Waals surface area contributed by atoms with E-state index in [2.05, 4.69) is 16.0 Å². The van der Waals surface area contributed by atoms with Crippen LogP contribution in [0.15, 0.2) is 17.5 Å². The molecule has 21 heavy (non-hydrogen) atoms. The highest BCUT2D eigenvalue weighted by Gasteiger charge is 2.31. The number of piperidine rings is 1. The zero-order valence-corrected chi connectivity index (χ0v) is 13.2. The van der Waals surface area contributed by atoms with Gasteiger partial charge in [-0.1, -0.05) is 13.0 Å². The zero-order chi connectivity index (χ0) is 15.1. The van der Waals surface area contributed by atoms with E-state index < -0.39 is 6.04 Å². The fraction of sp³-hybridized carbons (Fsp3) is 0.600. The van der Waals surface area contributed by atoms with Crippen LogP contribution in [0.1, 0.15) is 35.9 Å². The minimum atomic E-state index is -0.437. The van der Waals surface area contributed by atoms with Crippen molar-refractivity contribution in [2.24, 2.45) is 5.92 Å². The number of carbonyl (C=O) groups is 2. The lowest BCUT2D eigenvalue weighted by molar-refractivity contribution is -0.124. The second-order valence-corrected chi connectivity index (χ2v) is 6.25. The Kier molecular flexibility index (Phi) is 6.20.